The number of carbonyl (C=O) groups is 1. The average molecular weight is 490 g/mol. The van der Waals surface area contributed by atoms with E-state index in [4.69, 9.17) is 4.18 Å². The fourth-order valence-corrected chi connectivity index (χ4v) is 4.01. The lowest BCUT2D eigenvalue weighted by atomic mass is 10.0. The maximum atomic E-state index is 13.5. The van der Waals surface area contributed by atoms with E-state index in [1.807, 2.05) is 0 Å². The van der Waals surface area contributed by atoms with Crippen molar-refractivity contribution in [3.8, 4) is 17.3 Å². The number of nitrogens with zero attached hydrogens (tertiary/aromatic N) is 2. The molecule has 0 atom stereocenters. The Labute approximate surface area is 192 Å². The van der Waals surface area contributed by atoms with Crippen molar-refractivity contribution in [1.29, 1.82) is 5.26 Å². The van der Waals surface area contributed by atoms with Gasteiger partial charge in [-0.25, -0.2) is 0 Å². The number of benzene rings is 2. The lowest BCUT2D eigenvalue weighted by Crippen LogP contribution is -2.32. The second kappa shape index (κ2) is 9.62. The molecular formula is C23H17F3N2O5S. The predicted octanol–water partition coefficient (Wildman–Crippen LogP) is 3.69. The molecule has 0 aliphatic heterocycles. The van der Waals surface area contributed by atoms with Gasteiger partial charge in [0, 0.05) is 0 Å². The first-order chi connectivity index (χ1) is 15.9. The largest absolute Gasteiger partial charge is 0.417 e. The molecule has 0 aliphatic carbocycles. The van der Waals surface area contributed by atoms with E-state index in [9.17, 15) is 36.4 Å². The highest BCUT2D eigenvalue weighted by atomic mass is 32.2. The molecule has 2 aromatic carbocycles. The molecule has 0 fully saturated rings. The number of carbonyl (C=O) groups excluding carboxylic acids is 1. The summed E-state index contributed by atoms with van der Waals surface area (Å²) in [6.45, 7) is -0.0124. The molecule has 1 heterocycles. The summed E-state index contributed by atoms with van der Waals surface area (Å²) in [5.74, 6) is -0.904. The van der Waals surface area contributed by atoms with Crippen LogP contribution in [0.15, 0.2) is 70.4 Å². The fourth-order valence-electron chi connectivity index (χ4n) is 3.12. The van der Waals surface area contributed by atoms with E-state index < -0.39 is 51.9 Å². The van der Waals surface area contributed by atoms with Crippen LogP contribution in [0.2, 0.25) is 0 Å². The van der Waals surface area contributed by atoms with Crippen molar-refractivity contribution in [2.75, 3.05) is 6.61 Å². The van der Waals surface area contributed by atoms with Gasteiger partial charge in [-0.1, -0.05) is 48.0 Å². The van der Waals surface area contributed by atoms with Crippen molar-refractivity contribution in [3.63, 3.8) is 0 Å². The SMILES string of the molecule is Cc1ccc(S(=O)(=O)OCC(=O)Cn2c(-c3ccccc3)cc(C(F)(F)F)c(C#N)c2=O)cc1. The highest BCUT2D eigenvalue weighted by Crippen LogP contribution is 2.33. The number of hydrogen-bond donors (Lipinski definition) is 0. The third kappa shape index (κ3) is 5.41. The summed E-state index contributed by atoms with van der Waals surface area (Å²) in [6, 6.07) is 15.0. The number of nitriles is 1. The number of halogens is 3. The number of aromatic nitrogens is 1. The number of hydrogen-bond acceptors (Lipinski definition) is 6. The molecule has 3 aromatic rings. The zero-order valence-electron chi connectivity index (χ0n) is 17.7. The summed E-state index contributed by atoms with van der Waals surface area (Å²) < 4.78 is 70.5. The van der Waals surface area contributed by atoms with E-state index in [0.29, 0.717) is 10.6 Å². The van der Waals surface area contributed by atoms with Crippen molar-refractivity contribution >= 4 is 15.9 Å². The molecule has 11 heteroatoms. The molecular weight excluding hydrogens is 473 g/mol. The van der Waals surface area contributed by atoms with E-state index in [2.05, 4.69) is 0 Å². The number of pyridine rings is 1. The molecule has 7 nitrogen and oxygen atoms in total. The van der Waals surface area contributed by atoms with Crippen molar-refractivity contribution in [3.05, 3.63) is 87.7 Å². The van der Waals surface area contributed by atoms with Crippen molar-refractivity contribution in [2.24, 2.45) is 0 Å². The van der Waals surface area contributed by atoms with Gasteiger partial charge in [-0.15, -0.1) is 0 Å². The highest BCUT2D eigenvalue weighted by Gasteiger charge is 2.36. The molecule has 0 aliphatic rings. The first-order valence-electron chi connectivity index (χ1n) is 9.72. The molecule has 3 rings (SSSR count). The lowest BCUT2D eigenvalue weighted by Gasteiger charge is -2.17. The highest BCUT2D eigenvalue weighted by molar-refractivity contribution is 7.86. The van der Waals surface area contributed by atoms with Gasteiger partial charge < -0.3 is 0 Å². The van der Waals surface area contributed by atoms with Crippen LogP contribution in [0.4, 0.5) is 13.2 Å². The van der Waals surface area contributed by atoms with Crippen LogP contribution in [0.1, 0.15) is 16.7 Å². The summed E-state index contributed by atoms with van der Waals surface area (Å²) in [6.07, 6.45) is -4.98. The number of alkyl halides is 3. The normalized spacial score (nSPS) is 11.7. The Bertz CT molecular complexity index is 1420. The maximum absolute atomic E-state index is 13.5. The standard InChI is InChI=1S/C23H17F3N2O5S/c1-15-7-9-18(10-8-15)34(31,32)33-14-17(29)13-28-21(16-5-3-2-4-6-16)11-20(23(24,25)26)19(12-27)22(28)30/h2-11H,13-14H2,1H3. The molecule has 0 N–H and O–H groups in total. The molecule has 34 heavy (non-hydrogen) atoms. The Hall–Kier alpha value is -3.75. The minimum atomic E-state index is -4.98. The Morgan fingerprint density at radius 1 is 1.09 bits per heavy atom. The summed E-state index contributed by atoms with van der Waals surface area (Å²) in [4.78, 5) is 25.1. The first-order valence-corrected chi connectivity index (χ1v) is 11.1. The number of ketones is 1. The monoisotopic (exact) mass is 490 g/mol. The minimum absolute atomic E-state index is 0.186. The summed E-state index contributed by atoms with van der Waals surface area (Å²) in [7, 11) is -4.29. The second-order valence-corrected chi connectivity index (χ2v) is 8.87. The second-order valence-electron chi connectivity index (χ2n) is 7.25. The Morgan fingerprint density at radius 2 is 1.71 bits per heavy atom. The molecule has 0 spiro atoms. The molecule has 1 aromatic heterocycles. The zero-order valence-corrected chi connectivity index (χ0v) is 18.5. The van der Waals surface area contributed by atoms with Gasteiger partial charge in [0.05, 0.1) is 22.7 Å². The van der Waals surface area contributed by atoms with Gasteiger partial charge in [0.1, 0.15) is 18.2 Å². The molecule has 0 bridgehead atoms. The minimum Gasteiger partial charge on any atom is -0.300 e. The smallest absolute Gasteiger partial charge is 0.300 e. The molecule has 0 unspecified atom stereocenters. The van der Waals surface area contributed by atoms with Gasteiger partial charge in [0.25, 0.3) is 15.7 Å². The fraction of sp³-hybridized carbons (Fsp3) is 0.174. The molecule has 176 valence electrons. The van der Waals surface area contributed by atoms with Gasteiger partial charge in [0.2, 0.25) is 0 Å². The molecule has 0 amide bonds. The Morgan fingerprint density at radius 3 is 2.26 bits per heavy atom. The topological polar surface area (TPSA) is 106 Å². The van der Waals surface area contributed by atoms with Crippen LogP contribution >= 0.6 is 0 Å². The molecule has 0 saturated carbocycles. The van der Waals surface area contributed by atoms with Gasteiger partial charge >= 0.3 is 6.18 Å². The Kier molecular flexibility index (Phi) is 7.04. The third-order valence-electron chi connectivity index (χ3n) is 4.81. The summed E-state index contributed by atoms with van der Waals surface area (Å²) in [5, 5.41) is 9.19. The zero-order chi connectivity index (χ0) is 25.1. The van der Waals surface area contributed by atoms with E-state index in [-0.39, 0.29) is 16.2 Å². The van der Waals surface area contributed by atoms with Crippen LogP contribution in [0, 0.1) is 18.3 Å². The van der Waals surface area contributed by atoms with Gasteiger partial charge in [-0.05, 0) is 30.7 Å². The average Bonchev–Trinajstić information content (AvgIpc) is 2.79. The van der Waals surface area contributed by atoms with Gasteiger partial charge in [-0.3, -0.25) is 18.3 Å². The van der Waals surface area contributed by atoms with Gasteiger partial charge in [0.15, 0.2) is 5.78 Å². The van der Waals surface area contributed by atoms with E-state index in [1.165, 1.54) is 54.6 Å². The van der Waals surface area contributed by atoms with Crippen LogP contribution in [0.3, 0.4) is 0 Å². The maximum Gasteiger partial charge on any atom is 0.417 e. The van der Waals surface area contributed by atoms with E-state index >= 15 is 0 Å². The van der Waals surface area contributed by atoms with Crippen LogP contribution in [-0.2, 0) is 31.8 Å². The number of aryl methyl sites for hydroxylation is 1. The molecule has 0 radical (unpaired) electrons. The van der Waals surface area contributed by atoms with Crippen molar-refractivity contribution < 1.29 is 30.6 Å². The van der Waals surface area contributed by atoms with E-state index in [1.54, 1.807) is 13.0 Å². The van der Waals surface area contributed by atoms with E-state index in [0.717, 1.165) is 5.56 Å². The van der Waals surface area contributed by atoms with Crippen molar-refractivity contribution in [1.82, 2.24) is 4.57 Å². The predicted molar refractivity (Wildman–Crippen MR) is 115 cm³/mol. The molecule has 0 saturated heterocycles. The van der Waals surface area contributed by atoms with Gasteiger partial charge in [-0.2, -0.15) is 26.9 Å². The quantitative estimate of drug-likeness (QED) is 0.468. The lowest BCUT2D eigenvalue weighted by molar-refractivity contribution is -0.137. The number of rotatable bonds is 7. The van der Waals surface area contributed by atoms with Crippen LogP contribution in [0.25, 0.3) is 11.3 Å². The number of Topliss-reactive ketones (excluding diaryl/α,β-unsaturated/α-hetero) is 1. The Balaban J connectivity index is 1.97. The van der Waals surface area contributed by atoms with Crippen molar-refractivity contribution in [2.45, 2.75) is 24.5 Å². The van der Waals surface area contributed by atoms with Crippen LogP contribution in [0.5, 0.6) is 0 Å². The summed E-state index contributed by atoms with van der Waals surface area (Å²) in [5.41, 5.74) is -3.19. The third-order valence-corrected chi connectivity index (χ3v) is 6.08. The summed E-state index contributed by atoms with van der Waals surface area (Å²) >= 11 is 0. The van der Waals surface area contributed by atoms with Crippen LogP contribution in [-0.4, -0.2) is 25.4 Å². The van der Waals surface area contributed by atoms with Crippen LogP contribution < -0.4 is 5.56 Å². The first kappa shape index (κ1) is 24.9.